The second kappa shape index (κ2) is 3.02. The SMILES string of the molecule is O=C1NC(=O)N(C2CCS(=O)(=O)C2)C1=O. The van der Waals surface area contributed by atoms with Gasteiger partial charge in [0.25, 0.3) is 0 Å². The highest BCUT2D eigenvalue weighted by Gasteiger charge is 2.45. The van der Waals surface area contributed by atoms with Crippen molar-refractivity contribution >= 4 is 27.7 Å². The van der Waals surface area contributed by atoms with Crippen LogP contribution in [0, 0.1) is 0 Å². The van der Waals surface area contributed by atoms with Crippen molar-refractivity contribution < 1.29 is 22.8 Å². The molecule has 7 nitrogen and oxygen atoms in total. The van der Waals surface area contributed by atoms with Gasteiger partial charge >= 0.3 is 17.8 Å². The van der Waals surface area contributed by atoms with E-state index in [0.29, 0.717) is 4.90 Å². The number of hydrogen-bond acceptors (Lipinski definition) is 5. The number of sulfone groups is 1. The molecule has 8 heteroatoms. The molecule has 2 heterocycles. The molecule has 0 aromatic carbocycles. The Balaban J connectivity index is 2.23. The van der Waals surface area contributed by atoms with E-state index in [9.17, 15) is 22.8 Å². The number of hydrogen-bond donors (Lipinski definition) is 1. The van der Waals surface area contributed by atoms with E-state index in [1.165, 1.54) is 0 Å². The molecule has 2 aliphatic rings. The lowest BCUT2D eigenvalue weighted by Crippen LogP contribution is -2.41. The molecular formula is C7H8N2O5S. The van der Waals surface area contributed by atoms with Crippen molar-refractivity contribution in [3.8, 4) is 0 Å². The van der Waals surface area contributed by atoms with Crippen LogP contribution in [0.1, 0.15) is 6.42 Å². The van der Waals surface area contributed by atoms with Crippen molar-refractivity contribution in [3.63, 3.8) is 0 Å². The molecule has 4 amide bonds. The van der Waals surface area contributed by atoms with Crippen LogP contribution in [0.4, 0.5) is 4.79 Å². The van der Waals surface area contributed by atoms with Crippen LogP contribution in [0.3, 0.4) is 0 Å². The van der Waals surface area contributed by atoms with Gasteiger partial charge in [0.2, 0.25) is 0 Å². The summed E-state index contributed by atoms with van der Waals surface area (Å²) in [7, 11) is -3.18. The molecule has 0 bridgehead atoms. The fourth-order valence-corrected chi connectivity index (χ4v) is 3.42. The average molecular weight is 232 g/mol. The summed E-state index contributed by atoms with van der Waals surface area (Å²) in [6.45, 7) is 0. The van der Waals surface area contributed by atoms with Crippen LogP contribution in [0.15, 0.2) is 0 Å². The van der Waals surface area contributed by atoms with Crippen LogP contribution in [0.5, 0.6) is 0 Å². The predicted molar refractivity (Wildman–Crippen MR) is 47.4 cm³/mol. The Labute approximate surface area is 85.3 Å². The number of imide groups is 2. The summed E-state index contributed by atoms with van der Waals surface area (Å²) in [6, 6.07) is -1.53. The van der Waals surface area contributed by atoms with Gasteiger partial charge in [-0.2, -0.15) is 0 Å². The minimum Gasteiger partial charge on any atom is -0.269 e. The van der Waals surface area contributed by atoms with E-state index in [0.717, 1.165) is 0 Å². The minimum absolute atomic E-state index is 0.0527. The molecule has 2 aliphatic heterocycles. The molecule has 0 saturated carbocycles. The summed E-state index contributed by atoms with van der Waals surface area (Å²) in [5, 5.41) is 1.82. The summed E-state index contributed by atoms with van der Waals surface area (Å²) in [6.07, 6.45) is 0.203. The van der Waals surface area contributed by atoms with Crippen LogP contribution >= 0.6 is 0 Å². The predicted octanol–water partition coefficient (Wildman–Crippen LogP) is -1.75. The van der Waals surface area contributed by atoms with E-state index in [4.69, 9.17) is 0 Å². The monoisotopic (exact) mass is 232 g/mol. The molecule has 0 radical (unpaired) electrons. The fraction of sp³-hybridized carbons (Fsp3) is 0.571. The molecular weight excluding hydrogens is 224 g/mol. The fourth-order valence-electron chi connectivity index (χ4n) is 1.72. The average Bonchev–Trinajstić information content (AvgIpc) is 2.56. The van der Waals surface area contributed by atoms with Crippen molar-refractivity contribution in [3.05, 3.63) is 0 Å². The molecule has 1 unspecified atom stereocenters. The lowest BCUT2D eigenvalue weighted by molar-refractivity contribution is -0.140. The van der Waals surface area contributed by atoms with Crippen LogP contribution in [-0.2, 0) is 19.4 Å². The van der Waals surface area contributed by atoms with Gasteiger partial charge in [0.15, 0.2) is 9.84 Å². The van der Waals surface area contributed by atoms with Gasteiger partial charge in [-0.1, -0.05) is 0 Å². The zero-order valence-corrected chi connectivity index (χ0v) is 8.41. The van der Waals surface area contributed by atoms with Gasteiger partial charge in [-0.3, -0.25) is 19.8 Å². The first-order chi connectivity index (χ1) is 6.91. The van der Waals surface area contributed by atoms with Crippen LogP contribution in [0.25, 0.3) is 0 Å². The summed E-state index contributed by atoms with van der Waals surface area (Å²) in [4.78, 5) is 33.9. The maximum Gasteiger partial charge on any atom is 0.331 e. The molecule has 0 aromatic rings. The number of carbonyl (C=O) groups is 3. The van der Waals surface area contributed by atoms with Gasteiger partial charge in [-0.05, 0) is 6.42 Å². The molecule has 2 saturated heterocycles. The van der Waals surface area contributed by atoms with Gasteiger partial charge in [-0.25, -0.2) is 13.2 Å². The van der Waals surface area contributed by atoms with E-state index >= 15 is 0 Å². The summed E-state index contributed by atoms with van der Waals surface area (Å²) in [5.41, 5.74) is 0. The normalized spacial score (nSPS) is 29.7. The Morgan fingerprint density at radius 3 is 2.33 bits per heavy atom. The highest BCUT2D eigenvalue weighted by atomic mass is 32.2. The first-order valence-corrected chi connectivity index (χ1v) is 6.12. The highest BCUT2D eigenvalue weighted by Crippen LogP contribution is 2.19. The van der Waals surface area contributed by atoms with Crippen molar-refractivity contribution in [2.24, 2.45) is 0 Å². The Hall–Kier alpha value is -1.44. The third-order valence-electron chi connectivity index (χ3n) is 2.43. The third-order valence-corrected chi connectivity index (χ3v) is 4.18. The number of amides is 4. The van der Waals surface area contributed by atoms with Gasteiger partial charge in [0.05, 0.1) is 17.5 Å². The molecule has 1 atom stereocenters. The standard InChI is InChI=1S/C7H8N2O5S/c10-5-6(11)9(7(12)8-5)4-1-2-15(13,14)3-4/h4H,1-3H2,(H,8,10,12). The van der Waals surface area contributed by atoms with Crippen LogP contribution < -0.4 is 5.32 Å². The number of rotatable bonds is 1. The van der Waals surface area contributed by atoms with Gasteiger partial charge < -0.3 is 0 Å². The third kappa shape index (κ3) is 1.60. The van der Waals surface area contributed by atoms with E-state index in [-0.39, 0.29) is 17.9 Å². The van der Waals surface area contributed by atoms with Crippen LogP contribution in [0.2, 0.25) is 0 Å². The number of urea groups is 1. The first kappa shape index (κ1) is 10.1. The van der Waals surface area contributed by atoms with Gasteiger partial charge in [0, 0.05) is 0 Å². The zero-order valence-electron chi connectivity index (χ0n) is 7.60. The molecule has 0 aromatic heterocycles. The minimum atomic E-state index is -3.18. The molecule has 15 heavy (non-hydrogen) atoms. The first-order valence-electron chi connectivity index (χ1n) is 4.29. The smallest absolute Gasteiger partial charge is 0.269 e. The summed E-state index contributed by atoms with van der Waals surface area (Å²) >= 11 is 0. The van der Waals surface area contributed by atoms with E-state index < -0.39 is 33.7 Å². The second-order valence-electron chi connectivity index (χ2n) is 3.49. The highest BCUT2D eigenvalue weighted by molar-refractivity contribution is 7.91. The van der Waals surface area contributed by atoms with Crippen molar-refractivity contribution in [2.45, 2.75) is 12.5 Å². The van der Waals surface area contributed by atoms with Crippen molar-refractivity contribution in [2.75, 3.05) is 11.5 Å². The lowest BCUT2D eigenvalue weighted by atomic mass is 10.2. The molecule has 0 aliphatic carbocycles. The Kier molecular flexibility index (Phi) is 2.03. The second-order valence-corrected chi connectivity index (χ2v) is 5.72. The van der Waals surface area contributed by atoms with E-state index in [1.807, 2.05) is 5.32 Å². The zero-order chi connectivity index (χ0) is 11.2. The molecule has 1 N–H and O–H groups in total. The van der Waals surface area contributed by atoms with Crippen molar-refractivity contribution in [1.82, 2.24) is 10.2 Å². The number of nitrogens with one attached hydrogen (secondary N) is 1. The van der Waals surface area contributed by atoms with Crippen LogP contribution in [-0.4, -0.2) is 48.7 Å². The Bertz CT molecular complexity index is 454. The molecule has 0 spiro atoms. The topological polar surface area (TPSA) is 101 Å². The summed E-state index contributed by atoms with van der Waals surface area (Å²) < 4.78 is 22.3. The number of carbonyl (C=O) groups excluding carboxylic acids is 3. The van der Waals surface area contributed by atoms with Gasteiger partial charge in [0.1, 0.15) is 0 Å². The van der Waals surface area contributed by atoms with E-state index in [1.54, 1.807) is 0 Å². The Morgan fingerprint density at radius 1 is 1.27 bits per heavy atom. The Morgan fingerprint density at radius 2 is 1.93 bits per heavy atom. The molecule has 2 fully saturated rings. The molecule has 2 rings (SSSR count). The number of nitrogens with zero attached hydrogens (tertiary/aromatic N) is 1. The largest absolute Gasteiger partial charge is 0.331 e. The van der Waals surface area contributed by atoms with E-state index in [2.05, 4.69) is 0 Å². The van der Waals surface area contributed by atoms with Crippen molar-refractivity contribution in [1.29, 1.82) is 0 Å². The summed E-state index contributed by atoms with van der Waals surface area (Å²) in [5.74, 6) is -2.27. The quantitative estimate of drug-likeness (QED) is 0.427. The van der Waals surface area contributed by atoms with Gasteiger partial charge in [-0.15, -0.1) is 0 Å². The maximum atomic E-state index is 11.2. The maximum absolute atomic E-state index is 11.2. The molecule has 82 valence electrons. The lowest BCUT2D eigenvalue weighted by Gasteiger charge is -2.17.